The van der Waals surface area contributed by atoms with Crippen LogP contribution in [0.1, 0.15) is 42.8 Å². The minimum absolute atomic E-state index is 0.333. The number of rotatable bonds is 6. The van der Waals surface area contributed by atoms with Crippen LogP contribution in [-0.2, 0) is 16.0 Å². The van der Waals surface area contributed by atoms with Crippen LogP contribution in [0.25, 0.3) is 0 Å². The Balaban J connectivity index is 2.23. The van der Waals surface area contributed by atoms with E-state index in [2.05, 4.69) is 24.0 Å². The van der Waals surface area contributed by atoms with Gasteiger partial charge in [-0.1, -0.05) is 43.1 Å². The van der Waals surface area contributed by atoms with Crippen molar-refractivity contribution in [2.75, 3.05) is 0 Å². The van der Waals surface area contributed by atoms with Crippen molar-refractivity contribution in [2.45, 2.75) is 32.3 Å². The molecule has 0 amide bonds. The van der Waals surface area contributed by atoms with Gasteiger partial charge in [0.15, 0.2) is 0 Å². The van der Waals surface area contributed by atoms with Crippen molar-refractivity contribution >= 4 is 29.7 Å². The van der Waals surface area contributed by atoms with Gasteiger partial charge in [-0.25, -0.2) is 0 Å². The maximum absolute atomic E-state index is 10.8. The summed E-state index contributed by atoms with van der Waals surface area (Å²) in [6, 6.07) is 7.08. The van der Waals surface area contributed by atoms with Crippen LogP contribution in [0.15, 0.2) is 24.3 Å². The maximum Gasteiger partial charge on any atom is 0.293 e. The van der Waals surface area contributed by atoms with Crippen LogP contribution in [0.4, 0.5) is 0 Å². The number of ether oxygens (including phenoxy) is 1. The molecule has 0 radical (unpaired) electrons. The van der Waals surface area contributed by atoms with Gasteiger partial charge in [0.25, 0.3) is 6.47 Å². The molecule has 0 fully saturated rings. The normalized spacial score (nSPS) is 12.4. The molecule has 0 spiro atoms. The number of halogens is 2. The monoisotopic (exact) mass is 326 g/mol. The van der Waals surface area contributed by atoms with Crippen LogP contribution in [0.3, 0.4) is 0 Å². The quantitative estimate of drug-likeness (QED) is 0.805. The second kappa shape index (κ2) is 6.96. The molecular weight excluding hydrogens is 311 g/mol. The summed E-state index contributed by atoms with van der Waals surface area (Å²) < 4.78 is 5.17. The summed E-state index contributed by atoms with van der Waals surface area (Å²) in [5.74, 6) is 0.333. The standard InChI is InChI=1S/C15H16Cl2N2O2/c1-9(2)14-6-11(18-19-14)7-15(21-8-20)12-4-3-10(16)5-13(12)17/h3-6,8-9,15H,7H2,1-2H3,(H,18,19). The van der Waals surface area contributed by atoms with Gasteiger partial charge in [0.05, 0.1) is 5.69 Å². The van der Waals surface area contributed by atoms with Crippen molar-refractivity contribution in [3.63, 3.8) is 0 Å². The number of benzene rings is 1. The zero-order valence-electron chi connectivity index (χ0n) is 11.8. The Morgan fingerprint density at radius 2 is 2.10 bits per heavy atom. The average molecular weight is 327 g/mol. The summed E-state index contributed by atoms with van der Waals surface area (Å²) in [6.45, 7) is 4.56. The lowest BCUT2D eigenvalue weighted by Gasteiger charge is -2.16. The van der Waals surface area contributed by atoms with E-state index >= 15 is 0 Å². The summed E-state index contributed by atoms with van der Waals surface area (Å²) in [5.41, 5.74) is 2.57. The van der Waals surface area contributed by atoms with Crippen molar-refractivity contribution in [1.29, 1.82) is 0 Å². The third-order valence-electron chi connectivity index (χ3n) is 3.18. The molecule has 0 aliphatic rings. The molecule has 1 aromatic carbocycles. The Morgan fingerprint density at radius 3 is 2.67 bits per heavy atom. The number of carbonyl (C=O) groups excluding carboxylic acids is 1. The van der Waals surface area contributed by atoms with Crippen LogP contribution in [0, 0.1) is 0 Å². The second-order valence-electron chi connectivity index (χ2n) is 5.06. The Hall–Kier alpha value is -1.52. The first-order valence-corrected chi connectivity index (χ1v) is 7.35. The molecule has 0 bridgehead atoms. The van der Waals surface area contributed by atoms with Gasteiger partial charge in [0, 0.05) is 27.7 Å². The number of H-pyrrole nitrogens is 1. The number of carbonyl (C=O) groups is 1. The molecule has 0 saturated carbocycles. The van der Waals surface area contributed by atoms with E-state index in [4.69, 9.17) is 27.9 Å². The van der Waals surface area contributed by atoms with Crippen molar-refractivity contribution in [2.24, 2.45) is 0 Å². The summed E-state index contributed by atoms with van der Waals surface area (Å²) in [4.78, 5) is 10.8. The van der Waals surface area contributed by atoms with Gasteiger partial charge in [-0.2, -0.15) is 5.10 Å². The zero-order chi connectivity index (χ0) is 15.4. The third kappa shape index (κ3) is 3.99. The van der Waals surface area contributed by atoms with E-state index in [0.29, 0.717) is 34.4 Å². The Bertz CT molecular complexity index is 626. The minimum Gasteiger partial charge on any atom is -0.459 e. The Labute approximate surface area is 133 Å². The lowest BCUT2D eigenvalue weighted by atomic mass is 10.0. The van der Waals surface area contributed by atoms with Gasteiger partial charge in [0.2, 0.25) is 0 Å². The SMILES string of the molecule is CC(C)c1cc(CC(OC=O)c2ccc(Cl)cc2Cl)[nH]n1. The molecule has 1 unspecified atom stereocenters. The van der Waals surface area contributed by atoms with Gasteiger partial charge >= 0.3 is 0 Å². The molecule has 2 rings (SSSR count). The summed E-state index contributed by atoms with van der Waals surface area (Å²) in [7, 11) is 0. The first kappa shape index (κ1) is 15.9. The van der Waals surface area contributed by atoms with E-state index in [1.807, 2.05) is 6.07 Å². The second-order valence-corrected chi connectivity index (χ2v) is 5.91. The fourth-order valence-corrected chi connectivity index (χ4v) is 2.57. The third-order valence-corrected chi connectivity index (χ3v) is 3.74. The molecule has 4 nitrogen and oxygen atoms in total. The van der Waals surface area contributed by atoms with E-state index in [9.17, 15) is 4.79 Å². The highest BCUT2D eigenvalue weighted by molar-refractivity contribution is 6.35. The van der Waals surface area contributed by atoms with E-state index in [1.165, 1.54) is 0 Å². The average Bonchev–Trinajstić information content (AvgIpc) is 2.87. The van der Waals surface area contributed by atoms with Crippen LogP contribution in [-0.4, -0.2) is 16.7 Å². The lowest BCUT2D eigenvalue weighted by Crippen LogP contribution is -2.08. The summed E-state index contributed by atoms with van der Waals surface area (Å²) >= 11 is 12.1. The molecule has 21 heavy (non-hydrogen) atoms. The molecule has 112 valence electrons. The predicted octanol–water partition coefficient (Wildman–Crippen LogP) is 4.30. The maximum atomic E-state index is 10.8. The highest BCUT2D eigenvalue weighted by Crippen LogP contribution is 2.30. The van der Waals surface area contributed by atoms with Gasteiger partial charge in [-0.3, -0.25) is 9.89 Å². The zero-order valence-corrected chi connectivity index (χ0v) is 13.3. The van der Waals surface area contributed by atoms with E-state index in [1.54, 1.807) is 18.2 Å². The minimum atomic E-state index is -0.479. The highest BCUT2D eigenvalue weighted by atomic mass is 35.5. The van der Waals surface area contributed by atoms with Crippen molar-refractivity contribution in [3.05, 3.63) is 51.3 Å². The Morgan fingerprint density at radius 1 is 1.33 bits per heavy atom. The molecule has 2 aromatic rings. The van der Waals surface area contributed by atoms with Crippen LogP contribution < -0.4 is 0 Å². The predicted molar refractivity (Wildman–Crippen MR) is 82.7 cm³/mol. The molecule has 1 N–H and O–H groups in total. The lowest BCUT2D eigenvalue weighted by molar-refractivity contribution is -0.133. The van der Waals surface area contributed by atoms with E-state index in [-0.39, 0.29) is 0 Å². The number of aromatic amines is 1. The largest absolute Gasteiger partial charge is 0.459 e. The number of nitrogens with one attached hydrogen (secondary N) is 1. The summed E-state index contributed by atoms with van der Waals surface area (Å²) in [5, 5.41) is 8.21. The van der Waals surface area contributed by atoms with Gasteiger partial charge in [-0.05, 0) is 24.1 Å². The number of hydrogen-bond donors (Lipinski definition) is 1. The molecular formula is C15H16Cl2N2O2. The first-order chi connectivity index (χ1) is 10.0. The van der Waals surface area contributed by atoms with Gasteiger partial charge in [0.1, 0.15) is 6.10 Å². The fourth-order valence-electron chi connectivity index (χ4n) is 2.04. The molecule has 0 aliphatic heterocycles. The van der Waals surface area contributed by atoms with E-state index in [0.717, 1.165) is 11.4 Å². The van der Waals surface area contributed by atoms with Crippen LogP contribution in [0.5, 0.6) is 0 Å². The number of hydrogen-bond acceptors (Lipinski definition) is 3. The Kier molecular flexibility index (Phi) is 5.26. The van der Waals surface area contributed by atoms with Crippen molar-refractivity contribution in [1.82, 2.24) is 10.2 Å². The molecule has 6 heteroatoms. The first-order valence-electron chi connectivity index (χ1n) is 6.59. The molecule has 0 aliphatic carbocycles. The van der Waals surface area contributed by atoms with Gasteiger partial charge in [-0.15, -0.1) is 0 Å². The smallest absolute Gasteiger partial charge is 0.293 e. The van der Waals surface area contributed by atoms with Crippen molar-refractivity contribution < 1.29 is 9.53 Å². The van der Waals surface area contributed by atoms with Crippen molar-refractivity contribution in [3.8, 4) is 0 Å². The van der Waals surface area contributed by atoms with Crippen LogP contribution in [0.2, 0.25) is 10.0 Å². The highest BCUT2D eigenvalue weighted by Gasteiger charge is 2.18. The fraction of sp³-hybridized carbons (Fsp3) is 0.333. The molecule has 1 aromatic heterocycles. The number of aromatic nitrogens is 2. The number of nitrogens with zero attached hydrogens (tertiary/aromatic N) is 1. The van der Waals surface area contributed by atoms with E-state index < -0.39 is 6.10 Å². The summed E-state index contributed by atoms with van der Waals surface area (Å²) in [6.07, 6.45) is -0.00692. The molecule has 1 atom stereocenters. The van der Waals surface area contributed by atoms with Crippen LogP contribution >= 0.6 is 23.2 Å². The topological polar surface area (TPSA) is 55.0 Å². The molecule has 0 saturated heterocycles. The van der Waals surface area contributed by atoms with Gasteiger partial charge < -0.3 is 4.74 Å². The molecule has 1 heterocycles.